The van der Waals surface area contributed by atoms with Crippen molar-refractivity contribution in [3.8, 4) is 0 Å². The molecule has 1 unspecified atom stereocenters. The lowest BCUT2D eigenvalue weighted by Gasteiger charge is -2.15. The highest BCUT2D eigenvalue weighted by Gasteiger charge is 2.14. The third kappa shape index (κ3) is 3.12. The molecular formula is C14H16N2O2S. The van der Waals surface area contributed by atoms with Crippen LogP contribution < -0.4 is 5.32 Å². The molecule has 0 bridgehead atoms. The van der Waals surface area contributed by atoms with E-state index in [-0.39, 0.29) is 5.92 Å². The van der Waals surface area contributed by atoms with Gasteiger partial charge in [-0.1, -0.05) is 19.1 Å². The second kappa shape index (κ2) is 5.84. The Bertz CT molecular complexity index is 567. The number of carboxylic acids is 1. The molecule has 5 heteroatoms. The first-order valence-electron chi connectivity index (χ1n) is 6.05. The monoisotopic (exact) mass is 276 g/mol. The second-order valence-electron chi connectivity index (χ2n) is 4.45. The van der Waals surface area contributed by atoms with Crippen LogP contribution in [0.2, 0.25) is 0 Å². The third-order valence-electron chi connectivity index (χ3n) is 2.96. The van der Waals surface area contributed by atoms with Crippen LogP contribution in [0.5, 0.6) is 0 Å². The lowest BCUT2D eigenvalue weighted by Crippen LogP contribution is -2.13. The number of nitrogens with zero attached hydrogens (tertiary/aromatic N) is 1. The summed E-state index contributed by atoms with van der Waals surface area (Å²) in [6.45, 7) is 4.64. The lowest BCUT2D eigenvalue weighted by molar-refractivity contribution is 0.0698. The van der Waals surface area contributed by atoms with Gasteiger partial charge in [-0.25, -0.2) is 9.78 Å². The van der Waals surface area contributed by atoms with E-state index >= 15 is 0 Å². The van der Waals surface area contributed by atoms with Crippen LogP contribution in [0, 0.1) is 6.92 Å². The highest BCUT2D eigenvalue weighted by molar-refractivity contribution is 7.09. The van der Waals surface area contributed by atoms with Gasteiger partial charge in [0, 0.05) is 24.0 Å². The van der Waals surface area contributed by atoms with Crippen LogP contribution in [-0.4, -0.2) is 22.6 Å². The predicted molar refractivity (Wildman–Crippen MR) is 77.2 cm³/mol. The van der Waals surface area contributed by atoms with E-state index in [9.17, 15) is 9.90 Å². The summed E-state index contributed by atoms with van der Waals surface area (Å²) in [5.74, 6) is -0.658. The number of carbonyl (C=O) groups is 1. The van der Waals surface area contributed by atoms with Crippen molar-refractivity contribution >= 4 is 23.0 Å². The molecule has 0 aliphatic rings. The van der Waals surface area contributed by atoms with Crippen LogP contribution >= 0.6 is 11.3 Å². The maximum absolute atomic E-state index is 11.2. The summed E-state index contributed by atoms with van der Waals surface area (Å²) in [7, 11) is 0. The average molecular weight is 276 g/mol. The first-order valence-corrected chi connectivity index (χ1v) is 6.93. The number of nitrogens with one attached hydrogen (secondary N) is 1. The summed E-state index contributed by atoms with van der Waals surface area (Å²) in [6, 6.07) is 5.28. The van der Waals surface area contributed by atoms with Crippen molar-refractivity contribution in [3.63, 3.8) is 0 Å². The molecule has 0 radical (unpaired) electrons. The van der Waals surface area contributed by atoms with E-state index in [1.165, 1.54) is 0 Å². The van der Waals surface area contributed by atoms with Gasteiger partial charge in [0.1, 0.15) is 0 Å². The van der Waals surface area contributed by atoms with Crippen molar-refractivity contribution in [2.24, 2.45) is 0 Å². The summed E-state index contributed by atoms with van der Waals surface area (Å²) in [5.41, 5.74) is 1.94. The van der Waals surface area contributed by atoms with Crippen LogP contribution in [0.15, 0.2) is 29.8 Å². The summed E-state index contributed by atoms with van der Waals surface area (Å²) in [4.78, 5) is 15.5. The first-order chi connectivity index (χ1) is 9.09. The molecule has 2 rings (SSSR count). The van der Waals surface area contributed by atoms with Crippen LogP contribution in [-0.2, 0) is 0 Å². The minimum absolute atomic E-state index is 0.251. The standard InChI is InChI=1S/C14H16N2O2S/c1-9-4-3-5-11(14(17)18)12(9)16-8-10(2)13-15-6-7-19-13/h3-7,10,16H,8H2,1-2H3,(H,17,18). The summed E-state index contributed by atoms with van der Waals surface area (Å²) >= 11 is 1.61. The number of thiazole rings is 1. The zero-order chi connectivity index (χ0) is 13.8. The van der Waals surface area contributed by atoms with Crippen LogP contribution in [0.3, 0.4) is 0 Å². The molecule has 0 aliphatic carbocycles. The Labute approximate surface area is 116 Å². The highest BCUT2D eigenvalue weighted by atomic mass is 32.1. The number of benzene rings is 1. The smallest absolute Gasteiger partial charge is 0.337 e. The van der Waals surface area contributed by atoms with Crippen molar-refractivity contribution in [2.45, 2.75) is 19.8 Å². The van der Waals surface area contributed by atoms with Crippen molar-refractivity contribution in [1.82, 2.24) is 4.98 Å². The molecule has 1 atom stereocenters. The number of aryl methyl sites for hydroxylation is 1. The van der Waals surface area contributed by atoms with Gasteiger partial charge in [0.15, 0.2) is 0 Å². The van der Waals surface area contributed by atoms with Gasteiger partial charge in [-0.15, -0.1) is 11.3 Å². The fraction of sp³-hybridized carbons (Fsp3) is 0.286. The molecule has 1 heterocycles. The molecule has 0 spiro atoms. The molecule has 4 nitrogen and oxygen atoms in total. The molecule has 0 amide bonds. The number of aromatic carboxylic acids is 1. The molecule has 2 aromatic rings. The van der Waals surface area contributed by atoms with Gasteiger partial charge in [-0.2, -0.15) is 0 Å². The topological polar surface area (TPSA) is 62.2 Å². The zero-order valence-electron chi connectivity index (χ0n) is 10.9. The summed E-state index contributed by atoms with van der Waals surface area (Å²) in [5, 5.41) is 15.4. The van der Waals surface area contributed by atoms with Crippen LogP contribution in [0.4, 0.5) is 5.69 Å². The Morgan fingerprint density at radius 2 is 2.32 bits per heavy atom. The quantitative estimate of drug-likeness (QED) is 0.879. The molecule has 2 N–H and O–H groups in total. The predicted octanol–water partition coefficient (Wildman–Crippen LogP) is 3.37. The molecule has 1 aromatic heterocycles. The van der Waals surface area contributed by atoms with Gasteiger partial charge < -0.3 is 10.4 Å². The fourth-order valence-electron chi connectivity index (χ4n) is 1.90. The number of aromatic nitrogens is 1. The van der Waals surface area contributed by atoms with E-state index in [0.29, 0.717) is 17.8 Å². The minimum Gasteiger partial charge on any atom is -0.478 e. The van der Waals surface area contributed by atoms with Crippen LogP contribution in [0.1, 0.15) is 33.8 Å². The number of hydrogen-bond acceptors (Lipinski definition) is 4. The maximum Gasteiger partial charge on any atom is 0.337 e. The zero-order valence-corrected chi connectivity index (χ0v) is 11.7. The Morgan fingerprint density at radius 3 is 2.95 bits per heavy atom. The van der Waals surface area contributed by atoms with Gasteiger partial charge in [-0.3, -0.25) is 0 Å². The van der Waals surface area contributed by atoms with Crippen LogP contribution in [0.25, 0.3) is 0 Å². The SMILES string of the molecule is Cc1cccc(C(=O)O)c1NCC(C)c1nccs1. The maximum atomic E-state index is 11.2. The Morgan fingerprint density at radius 1 is 1.53 bits per heavy atom. The van der Waals surface area contributed by atoms with Crippen molar-refractivity contribution in [2.75, 3.05) is 11.9 Å². The van der Waals surface area contributed by atoms with Gasteiger partial charge in [-0.05, 0) is 18.6 Å². The Balaban J connectivity index is 2.13. The number of carboxylic acid groups (broad SMARTS) is 1. The van der Waals surface area contributed by atoms with E-state index in [0.717, 1.165) is 10.6 Å². The number of hydrogen-bond donors (Lipinski definition) is 2. The van der Waals surface area contributed by atoms with Crippen molar-refractivity contribution in [3.05, 3.63) is 45.9 Å². The van der Waals surface area contributed by atoms with Crippen molar-refractivity contribution in [1.29, 1.82) is 0 Å². The van der Waals surface area contributed by atoms with E-state index in [2.05, 4.69) is 17.2 Å². The molecular weight excluding hydrogens is 260 g/mol. The lowest BCUT2D eigenvalue weighted by atomic mass is 10.1. The average Bonchev–Trinajstić information content (AvgIpc) is 2.90. The van der Waals surface area contributed by atoms with E-state index in [1.807, 2.05) is 18.4 Å². The molecule has 1 aromatic carbocycles. The fourth-order valence-corrected chi connectivity index (χ4v) is 2.60. The van der Waals surface area contributed by atoms with Gasteiger partial charge in [0.25, 0.3) is 0 Å². The number of anilines is 1. The minimum atomic E-state index is -0.909. The molecule has 0 saturated carbocycles. The second-order valence-corrected chi connectivity index (χ2v) is 5.38. The van der Waals surface area contributed by atoms with Gasteiger partial charge >= 0.3 is 5.97 Å². The van der Waals surface area contributed by atoms with Gasteiger partial charge in [0.2, 0.25) is 0 Å². The molecule has 0 fully saturated rings. The van der Waals surface area contributed by atoms with E-state index in [1.54, 1.807) is 29.7 Å². The van der Waals surface area contributed by atoms with E-state index < -0.39 is 5.97 Å². The van der Waals surface area contributed by atoms with Gasteiger partial charge in [0.05, 0.1) is 16.3 Å². The molecule has 0 saturated heterocycles. The third-order valence-corrected chi connectivity index (χ3v) is 3.97. The first kappa shape index (κ1) is 13.5. The molecule has 100 valence electrons. The number of rotatable bonds is 5. The highest BCUT2D eigenvalue weighted by Crippen LogP contribution is 2.23. The summed E-state index contributed by atoms with van der Waals surface area (Å²) < 4.78 is 0. The molecule has 19 heavy (non-hydrogen) atoms. The Kier molecular flexibility index (Phi) is 4.16. The largest absolute Gasteiger partial charge is 0.478 e. The molecule has 0 aliphatic heterocycles. The normalized spacial score (nSPS) is 12.1. The van der Waals surface area contributed by atoms with Crippen molar-refractivity contribution < 1.29 is 9.90 Å². The summed E-state index contributed by atoms with van der Waals surface area (Å²) in [6.07, 6.45) is 1.78. The Hall–Kier alpha value is -1.88. The van der Waals surface area contributed by atoms with E-state index in [4.69, 9.17) is 0 Å². The number of para-hydroxylation sites is 1.